The van der Waals surface area contributed by atoms with Crippen LogP contribution in [0.1, 0.15) is 37.7 Å². The summed E-state index contributed by atoms with van der Waals surface area (Å²) in [5.41, 5.74) is 0.939. The molecule has 2 aliphatic rings. The summed E-state index contributed by atoms with van der Waals surface area (Å²) in [5.74, 6) is 0.490. The van der Waals surface area contributed by atoms with Crippen LogP contribution in [0.15, 0.2) is 30.3 Å². The van der Waals surface area contributed by atoms with E-state index in [4.69, 9.17) is 9.47 Å². The van der Waals surface area contributed by atoms with Crippen molar-refractivity contribution in [3.63, 3.8) is 0 Å². The summed E-state index contributed by atoms with van der Waals surface area (Å²) in [6, 6.07) is 9.96. The number of methoxy groups -OCH3 is 1. The lowest BCUT2D eigenvalue weighted by atomic mass is 9.78. The molecule has 1 unspecified atom stereocenters. The van der Waals surface area contributed by atoms with Crippen molar-refractivity contribution in [2.75, 3.05) is 33.4 Å². The van der Waals surface area contributed by atoms with Crippen LogP contribution in [0.2, 0.25) is 0 Å². The number of ether oxygens (including phenoxy) is 2. The van der Waals surface area contributed by atoms with Crippen LogP contribution in [0.25, 0.3) is 0 Å². The van der Waals surface area contributed by atoms with Gasteiger partial charge in [-0.2, -0.15) is 0 Å². The highest BCUT2D eigenvalue weighted by Gasteiger charge is 2.41. The predicted molar refractivity (Wildman–Crippen MR) is 102 cm³/mol. The normalized spacial score (nSPS) is 21.8. The summed E-state index contributed by atoms with van der Waals surface area (Å²) in [6.45, 7) is 2.82. The minimum Gasteiger partial charge on any atom is -0.375 e. The van der Waals surface area contributed by atoms with Gasteiger partial charge in [-0.05, 0) is 37.2 Å². The molecule has 2 amide bonds. The lowest BCUT2D eigenvalue weighted by Crippen LogP contribution is -2.51. The van der Waals surface area contributed by atoms with Crippen molar-refractivity contribution < 1.29 is 19.1 Å². The first-order valence-electron chi connectivity index (χ1n) is 9.81. The summed E-state index contributed by atoms with van der Waals surface area (Å²) in [5, 5.41) is 3.03. The van der Waals surface area contributed by atoms with Crippen molar-refractivity contribution in [3.8, 4) is 0 Å². The molecule has 1 spiro atoms. The Kier molecular flexibility index (Phi) is 6.85. The highest BCUT2D eigenvalue weighted by Crippen LogP contribution is 2.38. The molecule has 1 atom stereocenters. The van der Waals surface area contributed by atoms with Gasteiger partial charge in [-0.1, -0.05) is 30.3 Å². The van der Waals surface area contributed by atoms with Crippen LogP contribution in [-0.4, -0.2) is 55.7 Å². The van der Waals surface area contributed by atoms with Crippen LogP contribution >= 0.6 is 0 Å². The van der Waals surface area contributed by atoms with Crippen LogP contribution in [0.3, 0.4) is 0 Å². The molecule has 6 nitrogen and oxygen atoms in total. The Hall–Kier alpha value is -1.92. The minimum atomic E-state index is -0.174. The van der Waals surface area contributed by atoms with E-state index < -0.39 is 0 Å². The van der Waals surface area contributed by atoms with Gasteiger partial charge in [0.15, 0.2) is 0 Å². The maximum absolute atomic E-state index is 12.4. The van der Waals surface area contributed by atoms with E-state index in [0.29, 0.717) is 38.6 Å². The summed E-state index contributed by atoms with van der Waals surface area (Å²) in [4.78, 5) is 26.2. The maximum atomic E-state index is 12.4. The summed E-state index contributed by atoms with van der Waals surface area (Å²) < 4.78 is 11.1. The number of hydrogen-bond donors (Lipinski definition) is 1. The number of carbonyl (C=O) groups excluding carboxylic acids is 2. The molecule has 0 bridgehead atoms. The van der Waals surface area contributed by atoms with Crippen molar-refractivity contribution in [1.29, 1.82) is 0 Å². The van der Waals surface area contributed by atoms with Gasteiger partial charge in [0, 0.05) is 39.8 Å². The van der Waals surface area contributed by atoms with Crippen molar-refractivity contribution >= 4 is 11.8 Å². The van der Waals surface area contributed by atoms with E-state index in [9.17, 15) is 9.59 Å². The van der Waals surface area contributed by atoms with Gasteiger partial charge >= 0.3 is 0 Å². The largest absolute Gasteiger partial charge is 0.375 e. The van der Waals surface area contributed by atoms with Gasteiger partial charge in [0.25, 0.3) is 0 Å². The van der Waals surface area contributed by atoms with Crippen LogP contribution in [-0.2, 0) is 25.6 Å². The highest BCUT2D eigenvalue weighted by molar-refractivity contribution is 5.77. The zero-order valence-electron chi connectivity index (χ0n) is 16.1. The molecule has 2 aliphatic heterocycles. The quantitative estimate of drug-likeness (QED) is 0.828. The fraction of sp³-hybridized carbons (Fsp3) is 0.619. The summed E-state index contributed by atoms with van der Waals surface area (Å²) in [7, 11) is 1.54. The fourth-order valence-electron chi connectivity index (χ4n) is 4.16. The second-order valence-corrected chi connectivity index (χ2v) is 7.67. The average Bonchev–Trinajstić information content (AvgIpc) is 2.68. The molecule has 1 N–H and O–H groups in total. The first-order chi connectivity index (χ1) is 13.1. The third-order valence-electron chi connectivity index (χ3n) is 5.70. The van der Waals surface area contributed by atoms with E-state index in [0.717, 1.165) is 31.2 Å². The average molecular weight is 374 g/mol. The molecule has 0 radical (unpaired) electrons. The Morgan fingerprint density at radius 2 is 2.00 bits per heavy atom. The van der Waals surface area contributed by atoms with Gasteiger partial charge < -0.3 is 19.7 Å². The highest BCUT2D eigenvalue weighted by atomic mass is 16.5. The van der Waals surface area contributed by atoms with Crippen molar-refractivity contribution in [2.24, 2.45) is 5.92 Å². The topological polar surface area (TPSA) is 67.9 Å². The van der Waals surface area contributed by atoms with E-state index in [1.54, 1.807) is 7.11 Å². The van der Waals surface area contributed by atoms with Crippen LogP contribution in [0.5, 0.6) is 0 Å². The SMILES string of the molecule is COCC(=O)N1CCC2(CC1)CC(CC(=O)NCc1ccccc1)CCO2. The van der Waals surface area contributed by atoms with E-state index >= 15 is 0 Å². The molecule has 1 aromatic carbocycles. The van der Waals surface area contributed by atoms with Gasteiger partial charge in [0.2, 0.25) is 11.8 Å². The van der Waals surface area contributed by atoms with Gasteiger partial charge in [-0.3, -0.25) is 9.59 Å². The Labute approximate surface area is 161 Å². The molecule has 2 fully saturated rings. The zero-order valence-corrected chi connectivity index (χ0v) is 16.1. The molecule has 6 heteroatoms. The number of carbonyl (C=O) groups is 2. The second-order valence-electron chi connectivity index (χ2n) is 7.67. The number of piperidine rings is 1. The van der Waals surface area contributed by atoms with E-state index in [-0.39, 0.29) is 24.0 Å². The third-order valence-corrected chi connectivity index (χ3v) is 5.70. The molecule has 2 heterocycles. The van der Waals surface area contributed by atoms with Gasteiger partial charge in [0.1, 0.15) is 6.61 Å². The number of benzene rings is 1. The monoisotopic (exact) mass is 374 g/mol. The lowest BCUT2D eigenvalue weighted by Gasteiger charge is -2.46. The van der Waals surface area contributed by atoms with Crippen LogP contribution < -0.4 is 5.32 Å². The second kappa shape index (κ2) is 9.33. The van der Waals surface area contributed by atoms with Gasteiger partial charge in [-0.25, -0.2) is 0 Å². The number of hydrogen-bond acceptors (Lipinski definition) is 4. The van der Waals surface area contributed by atoms with Crippen molar-refractivity contribution in [3.05, 3.63) is 35.9 Å². The summed E-state index contributed by atoms with van der Waals surface area (Å²) in [6.07, 6.45) is 4.05. The molecular weight excluding hydrogens is 344 g/mol. The van der Waals surface area contributed by atoms with Gasteiger partial charge in [0.05, 0.1) is 5.60 Å². The molecule has 0 aromatic heterocycles. The Morgan fingerprint density at radius 1 is 1.26 bits per heavy atom. The third kappa shape index (κ3) is 5.53. The predicted octanol–water partition coefficient (Wildman–Crippen LogP) is 2.13. The Morgan fingerprint density at radius 3 is 2.70 bits per heavy atom. The van der Waals surface area contributed by atoms with E-state index in [1.807, 2.05) is 35.2 Å². The molecule has 27 heavy (non-hydrogen) atoms. The molecular formula is C21H30N2O4. The Bertz CT molecular complexity index is 626. The van der Waals surface area contributed by atoms with Crippen molar-refractivity contribution in [1.82, 2.24) is 10.2 Å². The molecule has 0 aliphatic carbocycles. The number of amides is 2. The molecule has 2 saturated heterocycles. The number of likely N-dealkylation sites (tertiary alicyclic amines) is 1. The first-order valence-corrected chi connectivity index (χ1v) is 9.81. The van der Waals surface area contributed by atoms with Gasteiger partial charge in [-0.15, -0.1) is 0 Å². The number of rotatable bonds is 6. The standard InChI is InChI=1S/C21H30N2O4/c1-26-16-20(25)23-10-8-21(9-11-23)14-18(7-12-27-21)13-19(24)22-15-17-5-3-2-4-6-17/h2-6,18H,7-16H2,1H3,(H,22,24). The smallest absolute Gasteiger partial charge is 0.248 e. The Balaban J connectivity index is 1.45. The minimum absolute atomic E-state index is 0.0417. The van der Waals surface area contributed by atoms with E-state index in [1.165, 1.54) is 0 Å². The molecule has 148 valence electrons. The van der Waals surface area contributed by atoms with Crippen LogP contribution in [0.4, 0.5) is 0 Å². The zero-order chi connectivity index (χ0) is 19.1. The molecule has 1 aromatic rings. The lowest BCUT2D eigenvalue weighted by molar-refractivity contribution is -0.151. The fourth-order valence-corrected chi connectivity index (χ4v) is 4.16. The molecule has 3 rings (SSSR count). The number of nitrogens with zero attached hydrogens (tertiary/aromatic N) is 1. The summed E-state index contributed by atoms with van der Waals surface area (Å²) >= 11 is 0. The first kappa shape index (κ1) is 19.8. The number of nitrogens with one attached hydrogen (secondary N) is 1. The maximum Gasteiger partial charge on any atom is 0.248 e. The van der Waals surface area contributed by atoms with Crippen LogP contribution in [0, 0.1) is 5.92 Å². The van der Waals surface area contributed by atoms with E-state index in [2.05, 4.69) is 5.32 Å². The van der Waals surface area contributed by atoms with Crippen molar-refractivity contribution in [2.45, 2.75) is 44.2 Å². The molecule has 0 saturated carbocycles.